The smallest absolute Gasteiger partial charge is 0.138 e. The summed E-state index contributed by atoms with van der Waals surface area (Å²) < 4.78 is 19.6. The minimum absolute atomic E-state index is 0.901. The molecule has 7 aromatic rings. The maximum absolute atomic E-state index is 6.77. The predicted molar refractivity (Wildman–Crippen MR) is 188 cm³/mol. The molecule has 7 rings (SSSR count). The molecule has 228 valence electrons. The highest BCUT2D eigenvalue weighted by atomic mass is 16.3. The van der Waals surface area contributed by atoms with Crippen molar-refractivity contribution in [3.8, 4) is 34.0 Å². The second-order valence-electron chi connectivity index (χ2n) is 12.5. The Morgan fingerprint density at radius 3 is 1.51 bits per heavy atom. The molecule has 0 radical (unpaired) electrons. The molecule has 0 aliphatic rings. The van der Waals surface area contributed by atoms with Gasteiger partial charge in [-0.25, -0.2) is 0 Å². The first kappa shape index (κ1) is 29.2. The summed E-state index contributed by atoms with van der Waals surface area (Å²) in [4.78, 5) is 0. The highest BCUT2D eigenvalue weighted by molar-refractivity contribution is 5.94. The molecule has 0 aliphatic carbocycles. The molecule has 3 heterocycles. The minimum atomic E-state index is 0.901. The van der Waals surface area contributed by atoms with Crippen molar-refractivity contribution in [2.75, 3.05) is 0 Å². The van der Waals surface area contributed by atoms with Gasteiger partial charge in [0.2, 0.25) is 0 Å². The minimum Gasteiger partial charge on any atom is -0.456 e. The average molecular weight is 595 g/mol. The van der Waals surface area contributed by atoms with Crippen LogP contribution in [0.3, 0.4) is 0 Å². The summed E-state index contributed by atoms with van der Waals surface area (Å²) in [5.74, 6) is 2.71. The lowest BCUT2D eigenvalue weighted by Gasteiger charge is -2.07. The topological polar surface area (TPSA) is 39.4 Å². The monoisotopic (exact) mass is 594 g/mol. The summed E-state index contributed by atoms with van der Waals surface area (Å²) >= 11 is 0. The highest BCUT2D eigenvalue weighted by Gasteiger charge is 2.18. The van der Waals surface area contributed by atoms with E-state index >= 15 is 0 Å². The highest BCUT2D eigenvalue weighted by Crippen LogP contribution is 2.39. The molecule has 0 saturated heterocycles. The Kier molecular flexibility index (Phi) is 8.60. The standard InChI is InChI=1S/C42H42O3/c1-3-5-7-10-19-31-22-33(39-26-30-18-14-15-21-37(30)43-39)24-36-28-40(45-42(31)36)34-23-32(20-11-8-6-4-2)41-35(25-34)27-38(44-41)29-16-12-9-13-17-29/h9,12-18,21-28H,3-8,10-11,19-20H2,1-2H3. The largest absolute Gasteiger partial charge is 0.456 e. The maximum Gasteiger partial charge on any atom is 0.138 e. The lowest BCUT2D eigenvalue weighted by molar-refractivity contribution is 0.614. The van der Waals surface area contributed by atoms with Crippen molar-refractivity contribution in [2.24, 2.45) is 0 Å². The number of unbranched alkanes of at least 4 members (excludes halogenated alkanes) is 6. The fourth-order valence-corrected chi connectivity index (χ4v) is 6.60. The Bertz CT molecular complexity index is 2000. The zero-order chi connectivity index (χ0) is 30.6. The number of para-hydroxylation sites is 1. The van der Waals surface area contributed by atoms with Crippen LogP contribution in [0.15, 0.2) is 110 Å². The zero-order valence-electron chi connectivity index (χ0n) is 26.5. The molecule has 0 N–H and O–H groups in total. The van der Waals surface area contributed by atoms with Crippen molar-refractivity contribution >= 4 is 32.9 Å². The number of furan rings is 3. The molecule has 45 heavy (non-hydrogen) atoms. The van der Waals surface area contributed by atoms with Crippen LogP contribution in [0.25, 0.3) is 66.9 Å². The van der Waals surface area contributed by atoms with Crippen LogP contribution in [0.2, 0.25) is 0 Å². The molecule has 3 nitrogen and oxygen atoms in total. The first-order valence-corrected chi connectivity index (χ1v) is 16.9. The van der Waals surface area contributed by atoms with Crippen molar-refractivity contribution in [1.82, 2.24) is 0 Å². The molecule has 0 amide bonds. The fraction of sp³-hybridized carbons (Fsp3) is 0.286. The van der Waals surface area contributed by atoms with Crippen LogP contribution in [0.4, 0.5) is 0 Å². The van der Waals surface area contributed by atoms with Gasteiger partial charge in [0.25, 0.3) is 0 Å². The van der Waals surface area contributed by atoms with Gasteiger partial charge in [0.1, 0.15) is 34.0 Å². The SMILES string of the molecule is CCCCCCc1cc(-c2cc3ccccc3o2)cc2cc(-c3cc(CCCCCC)c4oc(-c5ccccc5)cc4c3)oc12. The molecule has 3 heteroatoms. The summed E-state index contributed by atoms with van der Waals surface area (Å²) in [5.41, 5.74) is 8.71. The van der Waals surface area contributed by atoms with Crippen molar-refractivity contribution in [3.63, 3.8) is 0 Å². The van der Waals surface area contributed by atoms with E-state index in [1.54, 1.807) is 0 Å². The van der Waals surface area contributed by atoms with Crippen molar-refractivity contribution in [1.29, 1.82) is 0 Å². The zero-order valence-corrected chi connectivity index (χ0v) is 26.5. The fourth-order valence-electron chi connectivity index (χ4n) is 6.60. The van der Waals surface area contributed by atoms with Crippen LogP contribution >= 0.6 is 0 Å². The van der Waals surface area contributed by atoms with Crippen LogP contribution in [0, 0.1) is 0 Å². The molecule has 0 fully saturated rings. The van der Waals surface area contributed by atoms with Gasteiger partial charge in [0.05, 0.1) is 0 Å². The summed E-state index contributed by atoms with van der Waals surface area (Å²) in [6.45, 7) is 4.52. The van der Waals surface area contributed by atoms with E-state index in [0.29, 0.717) is 0 Å². The molecule has 0 unspecified atom stereocenters. The van der Waals surface area contributed by atoms with Crippen LogP contribution < -0.4 is 0 Å². The Morgan fingerprint density at radius 1 is 0.422 bits per heavy atom. The number of hydrogen-bond donors (Lipinski definition) is 0. The Morgan fingerprint density at radius 2 is 0.933 bits per heavy atom. The van der Waals surface area contributed by atoms with Gasteiger partial charge in [-0.05, 0) is 85.3 Å². The number of hydrogen-bond acceptors (Lipinski definition) is 3. The number of rotatable bonds is 13. The molecule has 0 atom stereocenters. The van der Waals surface area contributed by atoms with E-state index in [0.717, 1.165) is 92.6 Å². The van der Waals surface area contributed by atoms with E-state index in [9.17, 15) is 0 Å². The average Bonchev–Trinajstić information content (AvgIpc) is 3.82. The summed E-state index contributed by atoms with van der Waals surface area (Å²) in [6.07, 6.45) is 11.7. The quantitative estimate of drug-likeness (QED) is 0.125. The van der Waals surface area contributed by atoms with Crippen molar-refractivity contribution < 1.29 is 13.3 Å². The molecule has 4 aromatic carbocycles. The summed E-state index contributed by atoms with van der Waals surface area (Å²) in [5, 5.41) is 3.37. The second-order valence-corrected chi connectivity index (χ2v) is 12.5. The van der Waals surface area contributed by atoms with Crippen molar-refractivity contribution in [3.05, 3.63) is 108 Å². The second kappa shape index (κ2) is 13.2. The van der Waals surface area contributed by atoms with Gasteiger partial charge in [-0.2, -0.15) is 0 Å². The van der Waals surface area contributed by atoms with E-state index in [1.165, 1.54) is 49.7 Å². The third-order valence-corrected chi connectivity index (χ3v) is 9.04. The van der Waals surface area contributed by atoms with Crippen LogP contribution in [0.5, 0.6) is 0 Å². The van der Waals surface area contributed by atoms with Gasteiger partial charge in [0.15, 0.2) is 0 Å². The normalized spacial score (nSPS) is 11.8. The number of fused-ring (bicyclic) bond motifs is 3. The van der Waals surface area contributed by atoms with Gasteiger partial charge in [-0.1, -0.05) is 101 Å². The van der Waals surface area contributed by atoms with E-state index in [2.05, 4.69) is 92.7 Å². The maximum atomic E-state index is 6.77. The number of aryl methyl sites for hydroxylation is 2. The van der Waals surface area contributed by atoms with Gasteiger partial charge in [-0.15, -0.1) is 0 Å². The molecule has 0 spiro atoms. The van der Waals surface area contributed by atoms with Crippen LogP contribution in [-0.2, 0) is 12.8 Å². The lowest BCUT2D eigenvalue weighted by atomic mass is 9.99. The third-order valence-electron chi connectivity index (χ3n) is 9.04. The Balaban J connectivity index is 1.32. The van der Waals surface area contributed by atoms with Gasteiger partial charge in [-0.3, -0.25) is 0 Å². The van der Waals surface area contributed by atoms with E-state index in [-0.39, 0.29) is 0 Å². The van der Waals surface area contributed by atoms with E-state index in [4.69, 9.17) is 13.3 Å². The Hall–Kier alpha value is -4.50. The summed E-state index contributed by atoms with van der Waals surface area (Å²) in [6, 6.07) is 34.2. The molecule has 0 aliphatic heterocycles. The van der Waals surface area contributed by atoms with Crippen LogP contribution in [-0.4, -0.2) is 0 Å². The molecule has 0 saturated carbocycles. The van der Waals surface area contributed by atoms with Gasteiger partial charge < -0.3 is 13.3 Å². The van der Waals surface area contributed by atoms with Gasteiger partial charge >= 0.3 is 0 Å². The lowest BCUT2D eigenvalue weighted by Crippen LogP contribution is -1.89. The van der Waals surface area contributed by atoms with Gasteiger partial charge in [0, 0.05) is 32.8 Å². The van der Waals surface area contributed by atoms with Crippen molar-refractivity contribution in [2.45, 2.75) is 78.1 Å². The molecule has 3 aromatic heterocycles. The first-order chi connectivity index (χ1) is 22.2. The van der Waals surface area contributed by atoms with E-state index in [1.807, 2.05) is 18.2 Å². The van der Waals surface area contributed by atoms with E-state index < -0.39 is 0 Å². The number of benzene rings is 4. The Labute approximate surface area is 265 Å². The third kappa shape index (κ3) is 6.22. The van der Waals surface area contributed by atoms with Crippen LogP contribution in [0.1, 0.15) is 76.3 Å². The predicted octanol–water partition coefficient (Wildman–Crippen LogP) is 13.2. The molecular formula is C42H42O3. The first-order valence-electron chi connectivity index (χ1n) is 16.9. The molecular weight excluding hydrogens is 552 g/mol. The molecule has 0 bridgehead atoms. The summed E-state index contributed by atoms with van der Waals surface area (Å²) in [7, 11) is 0.